The molecular formula is C47H57N5O6. The molecule has 0 aliphatic rings. The Morgan fingerprint density at radius 2 is 1.40 bits per heavy atom. The smallest absolute Gasteiger partial charge is 0.410 e. The Kier molecular flexibility index (Phi) is 14.9. The van der Waals surface area contributed by atoms with E-state index in [0.29, 0.717) is 59.3 Å². The first-order chi connectivity index (χ1) is 27.8. The number of para-hydroxylation sites is 1. The number of esters is 1. The quantitative estimate of drug-likeness (QED) is 0.0800. The van der Waals surface area contributed by atoms with E-state index in [-0.39, 0.29) is 23.9 Å². The summed E-state index contributed by atoms with van der Waals surface area (Å²) in [4.78, 5) is 59.3. The molecular weight excluding hydrogens is 731 g/mol. The van der Waals surface area contributed by atoms with Crippen molar-refractivity contribution in [3.05, 3.63) is 130 Å². The Morgan fingerprint density at radius 1 is 0.741 bits per heavy atom. The number of H-pyrrole nitrogens is 1. The lowest BCUT2D eigenvalue weighted by atomic mass is 10.0. The summed E-state index contributed by atoms with van der Waals surface area (Å²) >= 11 is 0. The Morgan fingerprint density at radius 3 is 2.03 bits per heavy atom. The Labute approximate surface area is 342 Å². The van der Waals surface area contributed by atoms with Gasteiger partial charge in [0, 0.05) is 54.9 Å². The number of aryl methyl sites for hydroxylation is 2. The molecule has 0 aliphatic heterocycles. The van der Waals surface area contributed by atoms with Gasteiger partial charge >= 0.3 is 12.1 Å². The molecule has 0 spiro atoms. The average molecular weight is 788 g/mol. The fraction of sp³-hybridized carbons (Fsp3) is 0.362. The number of likely N-dealkylation sites (N-methyl/N-ethyl adjacent to an activating group) is 1. The van der Waals surface area contributed by atoms with Gasteiger partial charge in [-0.2, -0.15) is 0 Å². The third-order valence-corrected chi connectivity index (χ3v) is 10.2. The van der Waals surface area contributed by atoms with Crippen LogP contribution in [0.1, 0.15) is 102 Å². The Balaban J connectivity index is 1.24. The number of rotatable bonds is 17. The number of amides is 3. The van der Waals surface area contributed by atoms with Crippen molar-refractivity contribution in [3.8, 4) is 0 Å². The van der Waals surface area contributed by atoms with Gasteiger partial charge in [-0.05, 0) is 112 Å². The number of fused-ring (bicyclic) bond motifs is 1. The van der Waals surface area contributed by atoms with Gasteiger partial charge in [0.15, 0.2) is 0 Å². The van der Waals surface area contributed by atoms with Crippen LogP contribution in [0.3, 0.4) is 0 Å². The van der Waals surface area contributed by atoms with E-state index in [2.05, 4.69) is 34.4 Å². The fourth-order valence-corrected chi connectivity index (χ4v) is 6.98. The summed E-state index contributed by atoms with van der Waals surface area (Å²) in [5.74, 6) is -0.720. The maximum Gasteiger partial charge on any atom is 0.410 e. The van der Waals surface area contributed by atoms with E-state index in [1.807, 2.05) is 99.6 Å². The molecule has 0 fully saturated rings. The third-order valence-electron chi connectivity index (χ3n) is 10.2. The zero-order valence-electron chi connectivity index (χ0n) is 34.8. The van der Waals surface area contributed by atoms with Crippen molar-refractivity contribution in [3.63, 3.8) is 0 Å². The van der Waals surface area contributed by atoms with Crippen LogP contribution < -0.4 is 10.6 Å². The first-order valence-electron chi connectivity index (χ1n) is 20.0. The van der Waals surface area contributed by atoms with Gasteiger partial charge in [-0.15, -0.1) is 0 Å². The lowest BCUT2D eigenvalue weighted by Crippen LogP contribution is -2.42. The number of methoxy groups -OCH3 is 1. The van der Waals surface area contributed by atoms with Crippen molar-refractivity contribution < 1.29 is 28.7 Å². The first-order valence-corrected chi connectivity index (χ1v) is 20.0. The number of nitrogens with zero attached hydrogens (tertiary/aromatic N) is 2. The van der Waals surface area contributed by atoms with Gasteiger partial charge in [0.2, 0.25) is 0 Å². The molecule has 11 nitrogen and oxygen atoms in total. The number of anilines is 2. The number of aromatic amines is 1. The summed E-state index contributed by atoms with van der Waals surface area (Å²) < 4.78 is 10.3. The molecule has 58 heavy (non-hydrogen) atoms. The van der Waals surface area contributed by atoms with Crippen molar-refractivity contribution >= 4 is 46.3 Å². The molecule has 11 heteroatoms. The Bertz CT molecular complexity index is 2170. The summed E-state index contributed by atoms with van der Waals surface area (Å²) in [7, 11) is 3.12. The summed E-state index contributed by atoms with van der Waals surface area (Å²) in [5, 5.41) is 6.70. The highest BCUT2D eigenvalue weighted by atomic mass is 16.6. The van der Waals surface area contributed by atoms with Crippen molar-refractivity contribution in [1.82, 2.24) is 14.8 Å². The number of hydrogen-bond acceptors (Lipinski definition) is 7. The summed E-state index contributed by atoms with van der Waals surface area (Å²) in [5.41, 5.74) is 5.39. The van der Waals surface area contributed by atoms with E-state index >= 15 is 0 Å². The molecule has 5 rings (SSSR count). The number of benzene rings is 4. The highest BCUT2D eigenvalue weighted by Gasteiger charge is 2.24. The van der Waals surface area contributed by atoms with Crippen molar-refractivity contribution in [2.24, 2.45) is 0 Å². The van der Waals surface area contributed by atoms with Gasteiger partial charge in [0.25, 0.3) is 11.8 Å². The van der Waals surface area contributed by atoms with Gasteiger partial charge in [-0.25, -0.2) is 9.59 Å². The van der Waals surface area contributed by atoms with Gasteiger partial charge in [-0.3, -0.25) is 14.5 Å². The molecule has 306 valence electrons. The van der Waals surface area contributed by atoms with Gasteiger partial charge in [-0.1, -0.05) is 68.4 Å². The van der Waals surface area contributed by atoms with Crippen LogP contribution in [0.15, 0.2) is 97.1 Å². The van der Waals surface area contributed by atoms with Crippen LogP contribution >= 0.6 is 0 Å². The molecule has 1 heterocycles. The number of ether oxygens (including phenoxy) is 2. The van der Waals surface area contributed by atoms with Crippen molar-refractivity contribution in [2.75, 3.05) is 37.9 Å². The maximum absolute atomic E-state index is 13.9. The minimum atomic E-state index is -0.571. The van der Waals surface area contributed by atoms with Crippen LogP contribution in [0.25, 0.3) is 10.9 Å². The standard InChI is InChI=1S/C47H57N5O6/c1-8-38(9-2)52(29-28-51(6)46(56)58-47(3,4)5)31-34-16-13-17-36(30-34)43(53)50-42-41(39-18-10-11-19-40(39)49-42)44(54)48-37-26-22-33(23-27-37)15-12-14-32-20-24-35(25-21-32)45(55)57-7/h10-11,13,16-27,30,38,49H,8-9,12,14-15,28-29,31H2,1-7H3,(H,48,54)(H,50,53). The summed E-state index contributed by atoms with van der Waals surface area (Å²) in [6, 6.07) is 30.5. The largest absolute Gasteiger partial charge is 0.465 e. The highest BCUT2D eigenvalue weighted by molar-refractivity contribution is 6.19. The monoisotopic (exact) mass is 787 g/mol. The minimum absolute atomic E-state index is 0.290. The molecule has 3 amide bonds. The first kappa shape index (κ1) is 43.2. The van der Waals surface area contributed by atoms with E-state index in [0.717, 1.165) is 54.3 Å². The molecule has 0 saturated carbocycles. The van der Waals surface area contributed by atoms with Gasteiger partial charge in [0.05, 0.1) is 18.2 Å². The highest BCUT2D eigenvalue weighted by Crippen LogP contribution is 2.28. The van der Waals surface area contributed by atoms with Crippen LogP contribution in [0.2, 0.25) is 0 Å². The summed E-state index contributed by atoms with van der Waals surface area (Å²) in [6.45, 7) is 11.6. The molecule has 4 aromatic carbocycles. The third kappa shape index (κ3) is 11.8. The van der Waals surface area contributed by atoms with E-state index in [4.69, 9.17) is 9.47 Å². The normalized spacial score (nSPS) is 11.5. The lowest BCUT2D eigenvalue weighted by molar-refractivity contribution is 0.0269. The number of aromatic nitrogens is 1. The molecule has 0 saturated heterocycles. The molecule has 0 aliphatic carbocycles. The van der Waals surface area contributed by atoms with Crippen LogP contribution in [-0.2, 0) is 28.9 Å². The van der Waals surface area contributed by atoms with E-state index in [1.54, 1.807) is 30.1 Å². The van der Waals surface area contributed by atoms with Crippen LogP contribution in [0, 0.1) is 0 Å². The molecule has 0 radical (unpaired) electrons. The van der Waals surface area contributed by atoms with Crippen molar-refractivity contribution in [1.29, 1.82) is 0 Å². The van der Waals surface area contributed by atoms with Crippen LogP contribution in [0.4, 0.5) is 16.3 Å². The minimum Gasteiger partial charge on any atom is -0.465 e. The number of hydrogen-bond donors (Lipinski definition) is 3. The number of nitrogens with one attached hydrogen (secondary N) is 3. The molecule has 0 atom stereocenters. The molecule has 3 N–H and O–H groups in total. The van der Waals surface area contributed by atoms with E-state index in [1.165, 1.54) is 7.11 Å². The number of carbonyl (C=O) groups is 4. The van der Waals surface area contributed by atoms with Crippen LogP contribution in [-0.4, -0.2) is 77.6 Å². The second-order valence-electron chi connectivity index (χ2n) is 15.6. The average Bonchev–Trinajstić information content (AvgIpc) is 3.58. The van der Waals surface area contributed by atoms with Gasteiger partial charge in [0.1, 0.15) is 11.4 Å². The number of carbonyl (C=O) groups excluding carboxylic acids is 4. The van der Waals surface area contributed by atoms with E-state index in [9.17, 15) is 19.2 Å². The zero-order chi connectivity index (χ0) is 41.8. The predicted octanol–water partition coefficient (Wildman–Crippen LogP) is 9.49. The topological polar surface area (TPSA) is 133 Å². The fourth-order valence-electron chi connectivity index (χ4n) is 6.98. The Hall–Kier alpha value is -5.94. The molecule has 0 unspecified atom stereocenters. The molecule has 5 aromatic rings. The summed E-state index contributed by atoms with van der Waals surface area (Å²) in [6.07, 6.45) is 4.18. The van der Waals surface area contributed by atoms with E-state index < -0.39 is 5.60 Å². The SMILES string of the molecule is CCC(CC)N(CCN(C)C(=O)OC(C)(C)C)Cc1cccc(C(=O)Nc2[nH]c3ccccc3c2C(=O)Nc2ccc(CCCc3ccc(C(=O)OC)cc3)cc2)c1. The lowest BCUT2D eigenvalue weighted by Gasteiger charge is -2.32. The zero-order valence-corrected chi connectivity index (χ0v) is 34.8. The van der Waals surface area contributed by atoms with Gasteiger partial charge < -0.3 is 30.0 Å². The van der Waals surface area contributed by atoms with Crippen molar-refractivity contribution in [2.45, 2.75) is 84.9 Å². The maximum atomic E-state index is 13.9. The van der Waals surface area contributed by atoms with Crippen LogP contribution in [0.5, 0.6) is 0 Å². The second-order valence-corrected chi connectivity index (χ2v) is 15.6. The second kappa shape index (κ2) is 20.0. The molecule has 1 aromatic heterocycles. The molecule has 0 bridgehead atoms. The predicted molar refractivity (Wildman–Crippen MR) is 231 cm³/mol.